The van der Waals surface area contributed by atoms with Gasteiger partial charge in [-0.25, -0.2) is 4.90 Å². The highest BCUT2D eigenvalue weighted by Gasteiger charge is 2.43. The summed E-state index contributed by atoms with van der Waals surface area (Å²) >= 11 is 0. The van der Waals surface area contributed by atoms with Crippen molar-refractivity contribution in [3.8, 4) is 0 Å². The van der Waals surface area contributed by atoms with Gasteiger partial charge in [0.05, 0.1) is 18.2 Å². The second-order valence-electron chi connectivity index (χ2n) is 7.70. The fraction of sp³-hybridized carbons (Fsp3) is 0.348. The van der Waals surface area contributed by atoms with Crippen LogP contribution >= 0.6 is 0 Å². The Morgan fingerprint density at radius 3 is 2.21 bits per heavy atom. The number of anilines is 2. The van der Waals surface area contributed by atoms with Gasteiger partial charge in [-0.05, 0) is 49.7 Å². The lowest BCUT2D eigenvalue weighted by Crippen LogP contribution is -2.52. The van der Waals surface area contributed by atoms with Gasteiger partial charge in [-0.3, -0.25) is 19.3 Å². The number of piperazine rings is 1. The average molecular weight is 391 g/mol. The zero-order valence-corrected chi connectivity index (χ0v) is 16.8. The molecule has 0 bridgehead atoms. The van der Waals surface area contributed by atoms with Crippen molar-refractivity contribution in [2.45, 2.75) is 26.3 Å². The molecule has 0 saturated carbocycles. The third-order valence-electron chi connectivity index (χ3n) is 5.87. The van der Waals surface area contributed by atoms with Gasteiger partial charge in [0.15, 0.2) is 5.78 Å². The average Bonchev–Trinajstić information content (AvgIpc) is 3.03. The summed E-state index contributed by atoms with van der Waals surface area (Å²) in [4.78, 5) is 42.8. The van der Waals surface area contributed by atoms with Gasteiger partial charge in [-0.15, -0.1) is 0 Å². The Hall–Kier alpha value is -2.99. The molecule has 150 valence electrons. The molecule has 2 fully saturated rings. The Morgan fingerprint density at radius 2 is 1.59 bits per heavy atom. The van der Waals surface area contributed by atoms with Gasteiger partial charge in [0.2, 0.25) is 5.91 Å². The molecule has 0 spiro atoms. The third kappa shape index (κ3) is 3.68. The Morgan fingerprint density at radius 1 is 0.931 bits per heavy atom. The highest BCUT2D eigenvalue weighted by atomic mass is 16.2. The first-order valence-electron chi connectivity index (χ1n) is 9.98. The monoisotopic (exact) mass is 391 g/mol. The number of carbonyl (C=O) groups is 3. The number of hydrogen-bond acceptors (Lipinski definition) is 5. The minimum Gasteiger partial charge on any atom is -0.369 e. The molecule has 0 aliphatic carbocycles. The molecule has 0 radical (unpaired) electrons. The number of Topliss-reactive ketones (excluding diaryl/α,β-unsaturated/α-hetero) is 1. The molecule has 0 aromatic heterocycles. The third-order valence-corrected chi connectivity index (χ3v) is 5.87. The zero-order chi connectivity index (χ0) is 20.5. The maximum atomic E-state index is 13.0. The summed E-state index contributed by atoms with van der Waals surface area (Å²) in [7, 11) is 0. The zero-order valence-electron chi connectivity index (χ0n) is 16.8. The molecule has 2 heterocycles. The maximum Gasteiger partial charge on any atom is 0.251 e. The predicted molar refractivity (Wildman–Crippen MR) is 112 cm³/mol. The highest BCUT2D eigenvalue weighted by Crippen LogP contribution is 2.29. The van der Waals surface area contributed by atoms with Crippen molar-refractivity contribution in [2.75, 3.05) is 36.0 Å². The first-order chi connectivity index (χ1) is 14.0. The lowest BCUT2D eigenvalue weighted by Gasteiger charge is -2.38. The Balaban J connectivity index is 1.42. The highest BCUT2D eigenvalue weighted by molar-refractivity contribution is 6.22. The van der Waals surface area contributed by atoms with Crippen LogP contribution in [-0.4, -0.2) is 54.7 Å². The normalized spacial score (nSPS) is 20.4. The van der Waals surface area contributed by atoms with E-state index in [0.29, 0.717) is 11.3 Å². The van der Waals surface area contributed by atoms with E-state index in [1.807, 2.05) is 55.5 Å². The molecular formula is C23H25N3O3. The predicted octanol–water partition coefficient (Wildman–Crippen LogP) is 2.65. The molecule has 6 heteroatoms. The minimum absolute atomic E-state index is 0.0592. The number of nitrogens with zero attached hydrogens (tertiary/aromatic N) is 3. The number of benzene rings is 2. The molecular weight excluding hydrogens is 366 g/mol. The van der Waals surface area contributed by atoms with E-state index < -0.39 is 0 Å². The summed E-state index contributed by atoms with van der Waals surface area (Å²) in [6.45, 7) is 6.48. The van der Waals surface area contributed by atoms with Gasteiger partial charge in [0.1, 0.15) is 0 Å². The number of rotatable bonds is 4. The summed E-state index contributed by atoms with van der Waals surface area (Å²) in [5.41, 5.74) is 3.40. The minimum atomic E-state index is -0.385. The molecule has 2 saturated heterocycles. The van der Waals surface area contributed by atoms with Gasteiger partial charge < -0.3 is 4.90 Å². The molecule has 2 aliphatic heterocycles. The quantitative estimate of drug-likeness (QED) is 0.592. The number of amides is 2. The summed E-state index contributed by atoms with van der Waals surface area (Å²) in [6, 6.07) is 14.8. The van der Waals surface area contributed by atoms with E-state index in [-0.39, 0.29) is 30.1 Å². The van der Waals surface area contributed by atoms with E-state index in [9.17, 15) is 14.4 Å². The molecule has 0 N–H and O–H groups in total. The molecule has 2 aromatic carbocycles. The van der Waals surface area contributed by atoms with Crippen LogP contribution in [0.2, 0.25) is 0 Å². The summed E-state index contributed by atoms with van der Waals surface area (Å²) in [5, 5.41) is 0. The number of aryl methyl sites for hydroxylation is 1. The van der Waals surface area contributed by atoms with Crippen molar-refractivity contribution in [3.63, 3.8) is 0 Å². The topological polar surface area (TPSA) is 60.9 Å². The van der Waals surface area contributed by atoms with Crippen molar-refractivity contribution in [1.82, 2.24) is 4.90 Å². The van der Waals surface area contributed by atoms with Gasteiger partial charge in [-0.2, -0.15) is 0 Å². The van der Waals surface area contributed by atoms with Crippen molar-refractivity contribution < 1.29 is 14.4 Å². The van der Waals surface area contributed by atoms with Crippen molar-refractivity contribution >= 4 is 29.0 Å². The van der Waals surface area contributed by atoms with Crippen LogP contribution < -0.4 is 9.80 Å². The van der Waals surface area contributed by atoms with E-state index in [4.69, 9.17) is 0 Å². The van der Waals surface area contributed by atoms with Crippen LogP contribution in [0.25, 0.3) is 0 Å². The van der Waals surface area contributed by atoms with Crippen LogP contribution in [0.5, 0.6) is 0 Å². The van der Waals surface area contributed by atoms with E-state index in [0.717, 1.165) is 37.4 Å². The Labute approximate surface area is 170 Å². The van der Waals surface area contributed by atoms with Crippen LogP contribution in [-0.2, 0) is 9.59 Å². The van der Waals surface area contributed by atoms with Crippen molar-refractivity contribution in [3.05, 3.63) is 59.7 Å². The SMILES string of the molecule is CC(=O)c1ccc(N2CCN([C@@H]3CC(=O)N(c4ccccc4C)C3=O)CC2)cc1. The van der Waals surface area contributed by atoms with Gasteiger partial charge in [0.25, 0.3) is 5.91 Å². The van der Waals surface area contributed by atoms with Gasteiger partial charge >= 0.3 is 0 Å². The van der Waals surface area contributed by atoms with Crippen LogP contribution in [0.3, 0.4) is 0 Å². The first-order valence-corrected chi connectivity index (χ1v) is 9.98. The number of carbonyl (C=O) groups excluding carboxylic acids is 3. The molecule has 2 amide bonds. The molecule has 2 aromatic rings. The summed E-state index contributed by atoms with van der Waals surface area (Å²) in [6.07, 6.45) is 0.237. The van der Waals surface area contributed by atoms with Crippen molar-refractivity contribution in [1.29, 1.82) is 0 Å². The van der Waals surface area contributed by atoms with E-state index in [1.54, 1.807) is 6.92 Å². The molecule has 29 heavy (non-hydrogen) atoms. The molecule has 2 aliphatic rings. The number of hydrogen-bond donors (Lipinski definition) is 0. The van der Waals surface area contributed by atoms with E-state index >= 15 is 0 Å². The standard InChI is InChI=1S/C23H25N3O3/c1-16-5-3-4-6-20(16)26-22(28)15-21(23(26)29)25-13-11-24(12-14-25)19-9-7-18(8-10-19)17(2)27/h3-10,21H,11-15H2,1-2H3/t21-/m1/s1. The van der Waals surface area contributed by atoms with Crippen molar-refractivity contribution in [2.24, 2.45) is 0 Å². The van der Waals surface area contributed by atoms with E-state index in [1.165, 1.54) is 4.90 Å². The summed E-state index contributed by atoms with van der Waals surface area (Å²) < 4.78 is 0. The fourth-order valence-corrected chi connectivity index (χ4v) is 4.17. The second-order valence-corrected chi connectivity index (χ2v) is 7.70. The number of para-hydroxylation sites is 1. The maximum absolute atomic E-state index is 13.0. The first kappa shape index (κ1) is 19.3. The molecule has 1 atom stereocenters. The number of ketones is 1. The molecule has 6 nitrogen and oxygen atoms in total. The Bertz CT molecular complexity index is 946. The summed E-state index contributed by atoms with van der Waals surface area (Å²) in [5.74, 6) is -0.191. The van der Waals surface area contributed by atoms with Crippen LogP contribution in [0, 0.1) is 6.92 Å². The molecule has 4 rings (SSSR count). The Kier molecular flexibility index (Phi) is 5.20. The smallest absolute Gasteiger partial charge is 0.251 e. The van der Waals surface area contributed by atoms with Gasteiger partial charge in [0, 0.05) is 37.4 Å². The van der Waals surface area contributed by atoms with Crippen LogP contribution in [0.1, 0.15) is 29.3 Å². The van der Waals surface area contributed by atoms with Crippen LogP contribution in [0.4, 0.5) is 11.4 Å². The van der Waals surface area contributed by atoms with Gasteiger partial charge in [-0.1, -0.05) is 18.2 Å². The lowest BCUT2D eigenvalue weighted by molar-refractivity contribution is -0.123. The second kappa shape index (κ2) is 7.79. The lowest BCUT2D eigenvalue weighted by atomic mass is 10.1. The van der Waals surface area contributed by atoms with E-state index in [2.05, 4.69) is 9.80 Å². The number of imide groups is 1. The fourth-order valence-electron chi connectivity index (χ4n) is 4.17. The largest absolute Gasteiger partial charge is 0.369 e. The molecule has 0 unspecified atom stereocenters. The van der Waals surface area contributed by atoms with Crippen LogP contribution in [0.15, 0.2) is 48.5 Å².